The first-order valence-corrected chi connectivity index (χ1v) is 3.27. The molecule has 62 valence electrons. The standard InChI is InChI=1S/C7H7N3O2/c1-8-7(12)6(11)5-2-9-4-10-3-5/h2-4H,1H3,(H,8,12). The summed E-state index contributed by atoms with van der Waals surface area (Å²) in [5, 5.41) is 2.22. The number of hydrogen-bond donors (Lipinski definition) is 1. The summed E-state index contributed by atoms with van der Waals surface area (Å²) in [6.45, 7) is 0. The van der Waals surface area contributed by atoms with E-state index in [1.54, 1.807) is 0 Å². The molecule has 1 rings (SSSR count). The molecule has 0 saturated heterocycles. The van der Waals surface area contributed by atoms with Gasteiger partial charge in [-0.05, 0) is 0 Å². The first-order valence-electron chi connectivity index (χ1n) is 3.27. The fraction of sp³-hybridized carbons (Fsp3) is 0.143. The van der Waals surface area contributed by atoms with Crippen LogP contribution < -0.4 is 5.32 Å². The van der Waals surface area contributed by atoms with Crippen molar-refractivity contribution in [3.8, 4) is 0 Å². The van der Waals surface area contributed by atoms with Crippen molar-refractivity contribution in [2.75, 3.05) is 7.05 Å². The van der Waals surface area contributed by atoms with E-state index in [1.165, 1.54) is 25.8 Å². The van der Waals surface area contributed by atoms with Crippen LogP contribution in [0.3, 0.4) is 0 Å². The van der Waals surface area contributed by atoms with E-state index in [0.29, 0.717) is 0 Å². The third kappa shape index (κ3) is 1.63. The van der Waals surface area contributed by atoms with Crippen LogP contribution >= 0.6 is 0 Å². The van der Waals surface area contributed by atoms with Crippen molar-refractivity contribution < 1.29 is 9.59 Å². The number of carbonyl (C=O) groups is 2. The maximum absolute atomic E-state index is 11.1. The topological polar surface area (TPSA) is 72.0 Å². The lowest BCUT2D eigenvalue weighted by Crippen LogP contribution is -2.27. The Labute approximate surface area is 68.8 Å². The number of carbonyl (C=O) groups excluding carboxylic acids is 2. The van der Waals surface area contributed by atoms with Gasteiger partial charge in [0.05, 0.1) is 5.56 Å². The van der Waals surface area contributed by atoms with Crippen LogP contribution in [0, 0.1) is 0 Å². The number of Topliss-reactive ketones (excluding diaryl/α,β-unsaturated/α-hetero) is 1. The predicted molar refractivity (Wildman–Crippen MR) is 40.4 cm³/mol. The van der Waals surface area contributed by atoms with E-state index in [4.69, 9.17) is 0 Å². The number of hydrogen-bond acceptors (Lipinski definition) is 4. The number of likely N-dealkylation sites (N-methyl/N-ethyl adjacent to an activating group) is 1. The molecule has 12 heavy (non-hydrogen) atoms. The van der Waals surface area contributed by atoms with Gasteiger partial charge in [-0.3, -0.25) is 9.59 Å². The molecule has 0 spiro atoms. The molecule has 0 atom stereocenters. The summed E-state index contributed by atoms with van der Waals surface area (Å²) >= 11 is 0. The molecular weight excluding hydrogens is 158 g/mol. The number of nitrogens with zero attached hydrogens (tertiary/aromatic N) is 2. The van der Waals surface area contributed by atoms with Gasteiger partial charge < -0.3 is 5.32 Å². The lowest BCUT2D eigenvalue weighted by molar-refractivity contribution is -0.116. The molecule has 5 nitrogen and oxygen atoms in total. The van der Waals surface area contributed by atoms with E-state index in [-0.39, 0.29) is 5.56 Å². The van der Waals surface area contributed by atoms with Crippen molar-refractivity contribution in [3.63, 3.8) is 0 Å². The van der Waals surface area contributed by atoms with Gasteiger partial charge in [-0.2, -0.15) is 0 Å². The van der Waals surface area contributed by atoms with Crippen molar-refractivity contribution in [2.45, 2.75) is 0 Å². The summed E-state index contributed by atoms with van der Waals surface area (Å²) in [6, 6.07) is 0. The van der Waals surface area contributed by atoms with Gasteiger partial charge >= 0.3 is 0 Å². The Morgan fingerprint density at radius 1 is 1.33 bits per heavy atom. The first-order chi connectivity index (χ1) is 5.75. The second-order valence-corrected chi connectivity index (χ2v) is 2.04. The second kappa shape index (κ2) is 3.56. The van der Waals surface area contributed by atoms with Gasteiger partial charge in [0.2, 0.25) is 0 Å². The van der Waals surface area contributed by atoms with Crippen molar-refractivity contribution in [1.29, 1.82) is 0 Å². The molecule has 1 aromatic rings. The summed E-state index contributed by atoms with van der Waals surface area (Å²) in [6.07, 6.45) is 3.88. The molecule has 0 bridgehead atoms. The zero-order valence-electron chi connectivity index (χ0n) is 6.44. The highest BCUT2D eigenvalue weighted by Gasteiger charge is 2.13. The van der Waals surface area contributed by atoms with E-state index in [9.17, 15) is 9.59 Å². The van der Waals surface area contributed by atoms with Crippen molar-refractivity contribution in [1.82, 2.24) is 15.3 Å². The molecule has 1 heterocycles. The monoisotopic (exact) mass is 165 g/mol. The van der Waals surface area contributed by atoms with Crippen LogP contribution in [0.4, 0.5) is 0 Å². The average Bonchev–Trinajstić information content (AvgIpc) is 2.17. The molecule has 0 fully saturated rings. The van der Waals surface area contributed by atoms with Crippen molar-refractivity contribution in [3.05, 3.63) is 24.3 Å². The fourth-order valence-electron chi connectivity index (χ4n) is 0.661. The zero-order valence-corrected chi connectivity index (χ0v) is 6.44. The summed E-state index contributed by atoms with van der Waals surface area (Å²) in [7, 11) is 1.39. The van der Waals surface area contributed by atoms with Gasteiger partial charge in [-0.1, -0.05) is 0 Å². The van der Waals surface area contributed by atoms with Gasteiger partial charge in [0.25, 0.3) is 11.7 Å². The average molecular weight is 165 g/mol. The molecule has 0 aliphatic heterocycles. The minimum absolute atomic E-state index is 0.192. The van der Waals surface area contributed by atoms with Crippen LogP contribution in [0.25, 0.3) is 0 Å². The Kier molecular flexibility index (Phi) is 2.47. The summed E-state index contributed by atoms with van der Waals surface area (Å²) in [5.41, 5.74) is 0.192. The molecule has 0 saturated carbocycles. The number of ketones is 1. The van der Waals surface area contributed by atoms with Gasteiger partial charge in [-0.25, -0.2) is 9.97 Å². The Balaban J connectivity index is 2.86. The zero-order chi connectivity index (χ0) is 8.97. The molecule has 1 N–H and O–H groups in total. The lowest BCUT2D eigenvalue weighted by Gasteiger charge is -1.96. The predicted octanol–water partition coefficient (Wildman–Crippen LogP) is -0.595. The highest BCUT2D eigenvalue weighted by molar-refractivity contribution is 6.42. The van der Waals surface area contributed by atoms with E-state index >= 15 is 0 Å². The van der Waals surface area contributed by atoms with Crippen molar-refractivity contribution >= 4 is 11.7 Å². The molecule has 5 heteroatoms. The minimum Gasteiger partial charge on any atom is -0.352 e. The molecule has 1 aromatic heterocycles. The summed E-state index contributed by atoms with van der Waals surface area (Å²) in [5.74, 6) is -1.29. The van der Waals surface area contributed by atoms with E-state index in [0.717, 1.165) is 0 Å². The van der Waals surface area contributed by atoms with E-state index < -0.39 is 11.7 Å². The summed E-state index contributed by atoms with van der Waals surface area (Å²) < 4.78 is 0. The number of nitrogens with one attached hydrogen (secondary N) is 1. The van der Waals surface area contributed by atoms with Crippen LogP contribution in [-0.4, -0.2) is 28.7 Å². The second-order valence-electron chi connectivity index (χ2n) is 2.04. The maximum Gasteiger partial charge on any atom is 0.292 e. The van der Waals surface area contributed by atoms with Gasteiger partial charge in [0.1, 0.15) is 6.33 Å². The van der Waals surface area contributed by atoms with Crippen LogP contribution in [0.5, 0.6) is 0 Å². The van der Waals surface area contributed by atoms with Gasteiger partial charge in [0, 0.05) is 19.4 Å². The maximum atomic E-state index is 11.1. The number of amides is 1. The fourth-order valence-corrected chi connectivity index (χ4v) is 0.661. The molecule has 0 aliphatic rings. The Hall–Kier alpha value is -1.78. The molecule has 1 amide bonds. The summed E-state index contributed by atoms with van der Waals surface area (Å²) in [4.78, 5) is 29.1. The largest absolute Gasteiger partial charge is 0.352 e. The molecule has 0 unspecified atom stereocenters. The molecule has 0 aliphatic carbocycles. The number of aromatic nitrogens is 2. The smallest absolute Gasteiger partial charge is 0.292 e. The normalized spacial score (nSPS) is 9.08. The Bertz CT molecular complexity index is 297. The Morgan fingerprint density at radius 3 is 2.42 bits per heavy atom. The number of rotatable bonds is 2. The highest BCUT2D eigenvalue weighted by Crippen LogP contribution is 1.94. The third-order valence-electron chi connectivity index (χ3n) is 1.26. The van der Waals surface area contributed by atoms with Gasteiger partial charge in [-0.15, -0.1) is 0 Å². The van der Waals surface area contributed by atoms with Crippen LogP contribution in [0.2, 0.25) is 0 Å². The van der Waals surface area contributed by atoms with E-state index in [1.807, 2.05) is 0 Å². The Morgan fingerprint density at radius 2 is 1.92 bits per heavy atom. The minimum atomic E-state index is -0.662. The molecule has 0 radical (unpaired) electrons. The first kappa shape index (κ1) is 8.32. The van der Waals surface area contributed by atoms with Crippen LogP contribution in [-0.2, 0) is 4.79 Å². The highest BCUT2D eigenvalue weighted by atomic mass is 16.2. The SMILES string of the molecule is CNC(=O)C(=O)c1cncnc1. The van der Waals surface area contributed by atoms with Crippen molar-refractivity contribution in [2.24, 2.45) is 0 Å². The van der Waals surface area contributed by atoms with Crippen LogP contribution in [0.1, 0.15) is 10.4 Å². The van der Waals surface area contributed by atoms with Crippen LogP contribution in [0.15, 0.2) is 18.7 Å². The van der Waals surface area contributed by atoms with Gasteiger partial charge in [0.15, 0.2) is 0 Å². The molecule has 0 aromatic carbocycles. The molecular formula is C7H7N3O2. The quantitative estimate of drug-likeness (QED) is 0.469. The third-order valence-corrected chi connectivity index (χ3v) is 1.26. The van der Waals surface area contributed by atoms with E-state index in [2.05, 4.69) is 15.3 Å². The lowest BCUT2D eigenvalue weighted by atomic mass is 10.2.